The van der Waals surface area contributed by atoms with Crippen molar-refractivity contribution < 1.29 is 27.6 Å². The molecule has 1 aromatic rings. The second kappa shape index (κ2) is 8.53. The third-order valence-electron chi connectivity index (χ3n) is 5.52. The maximum atomic E-state index is 11.3. The zero-order chi connectivity index (χ0) is 21.5. The first-order chi connectivity index (χ1) is 13.6. The number of rotatable bonds is 5. The Morgan fingerprint density at radius 2 is 1.97 bits per heavy atom. The highest BCUT2D eigenvalue weighted by atomic mass is 28.4. The van der Waals surface area contributed by atoms with Gasteiger partial charge in [0.2, 0.25) is 5.82 Å². The number of amides is 1. The standard InChI is InChI=1S/C17H32N4O6Si2/c1-9(2)28-26-14-12(7-24-29(27-28,10(3)4)11(5)6)25-17(13(14)22)21-8-19-16(20-21)15(18)23/h8-14,17,22,28H,7H2,1-6H3,(H2,18,23)/t12-,13-,14?,17-,28?/m1/s1. The molecule has 3 rings (SSSR count). The Hall–Kier alpha value is -1.16. The number of carbonyl (C=O) groups is 1. The Labute approximate surface area is 173 Å². The molecular formula is C17H32N4O6Si2. The number of nitrogens with two attached hydrogens (primary N) is 1. The Kier molecular flexibility index (Phi) is 6.63. The van der Waals surface area contributed by atoms with Gasteiger partial charge in [0.05, 0.1) is 6.61 Å². The SMILES string of the molecule is CC(C)[SiH]1OC2[C@@H](O)[C@H](n3cnc(C(N)=O)n3)O[C@@H]2CO[Si](C(C)C)(C(C)C)O1. The lowest BCUT2D eigenvalue weighted by atomic mass is 10.1. The highest BCUT2D eigenvalue weighted by Gasteiger charge is 2.54. The van der Waals surface area contributed by atoms with E-state index in [4.69, 9.17) is 23.4 Å². The van der Waals surface area contributed by atoms with Crippen LogP contribution in [0.1, 0.15) is 58.4 Å². The lowest BCUT2D eigenvalue weighted by Gasteiger charge is -2.44. The molecule has 1 aromatic heterocycles. The fourth-order valence-electron chi connectivity index (χ4n) is 3.93. The molecule has 0 bridgehead atoms. The van der Waals surface area contributed by atoms with Crippen LogP contribution in [0.4, 0.5) is 0 Å². The molecule has 3 N–H and O–H groups in total. The van der Waals surface area contributed by atoms with Gasteiger partial charge in [-0.25, -0.2) is 9.67 Å². The van der Waals surface area contributed by atoms with E-state index in [0.717, 1.165) is 0 Å². The Bertz CT molecular complexity index is 723. The van der Waals surface area contributed by atoms with Crippen molar-refractivity contribution in [2.45, 2.75) is 82.7 Å². The van der Waals surface area contributed by atoms with E-state index in [1.807, 2.05) is 0 Å². The average molecular weight is 445 g/mol. The van der Waals surface area contributed by atoms with Crippen LogP contribution in [0.5, 0.6) is 0 Å². The van der Waals surface area contributed by atoms with E-state index in [2.05, 4.69) is 51.6 Å². The summed E-state index contributed by atoms with van der Waals surface area (Å²) >= 11 is 0. The summed E-state index contributed by atoms with van der Waals surface area (Å²) in [5, 5.41) is 14.9. The van der Waals surface area contributed by atoms with Crippen LogP contribution in [0.15, 0.2) is 6.33 Å². The summed E-state index contributed by atoms with van der Waals surface area (Å²) in [6.07, 6.45) is -1.60. The van der Waals surface area contributed by atoms with Crippen molar-refractivity contribution >= 4 is 23.8 Å². The van der Waals surface area contributed by atoms with Gasteiger partial charge in [0.15, 0.2) is 6.23 Å². The second-order valence-corrected chi connectivity index (χ2v) is 16.0. The number of primary amides is 1. The van der Waals surface area contributed by atoms with Gasteiger partial charge in [-0.3, -0.25) is 4.79 Å². The molecule has 10 nitrogen and oxygen atoms in total. The molecule has 0 saturated carbocycles. The van der Waals surface area contributed by atoms with E-state index in [1.165, 1.54) is 11.0 Å². The maximum absolute atomic E-state index is 11.3. The summed E-state index contributed by atoms with van der Waals surface area (Å²) in [6.45, 7) is 12.9. The van der Waals surface area contributed by atoms with Crippen LogP contribution in [0, 0.1) is 0 Å². The van der Waals surface area contributed by atoms with Gasteiger partial charge in [0.1, 0.15) is 24.6 Å². The third kappa shape index (κ3) is 4.20. The molecule has 0 aromatic carbocycles. The fraction of sp³-hybridized carbons (Fsp3) is 0.824. The van der Waals surface area contributed by atoms with E-state index in [-0.39, 0.29) is 29.1 Å². The molecular weight excluding hydrogens is 412 g/mol. The zero-order valence-electron chi connectivity index (χ0n) is 17.8. The topological polar surface area (TPSA) is 131 Å². The highest BCUT2D eigenvalue weighted by molar-refractivity contribution is 6.76. The number of hydrogen-bond donors (Lipinski definition) is 2. The van der Waals surface area contributed by atoms with Gasteiger partial charge < -0.3 is 28.5 Å². The largest absolute Gasteiger partial charge is 0.416 e. The van der Waals surface area contributed by atoms with Crippen molar-refractivity contribution in [3.05, 3.63) is 12.2 Å². The van der Waals surface area contributed by atoms with Crippen molar-refractivity contribution in [2.75, 3.05) is 6.61 Å². The molecule has 0 radical (unpaired) electrons. The first kappa shape index (κ1) is 22.5. The second-order valence-electron chi connectivity index (χ2n) is 8.64. The molecule has 2 aliphatic rings. The summed E-state index contributed by atoms with van der Waals surface area (Å²) in [4.78, 5) is 15.2. The number of fused-ring (bicyclic) bond motifs is 1. The molecule has 0 spiro atoms. The lowest BCUT2D eigenvalue weighted by molar-refractivity contribution is -0.0617. The number of aliphatic hydroxyl groups is 1. The van der Waals surface area contributed by atoms with Crippen LogP contribution in [0.2, 0.25) is 16.6 Å². The molecule has 2 aliphatic heterocycles. The Morgan fingerprint density at radius 1 is 1.31 bits per heavy atom. The van der Waals surface area contributed by atoms with E-state index < -0.39 is 48.3 Å². The predicted molar refractivity (Wildman–Crippen MR) is 109 cm³/mol. The van der Waals surface area contributed by atoms with Crippen LogP contribution in [0.3, 0.4) is 0 Å². The van der Waals surface area contributed by atoms with Gasteiger partial charge in [0.25, 0.3) is 5.91 Å². The molecule has 12 heteroatoms. The quantitative estimate of drug-likeness (QED) is 0.642. The summed E-state index contributed by atoms with van der Waals surface area (Å²) in [5.74, 6) is -0.877. The van der Waals surface area contributed by atoms with Gasteiger partial charge in [-0.05, 0) is 16.6 Å². The van der Waals surface area contributed by atoms with Crippen molar-refractivity contribution in [3.8, 4) is 0 Å². The summed E-state index contributed by atoms with van der Waals surface area (Å²) in [5.41, 5.74) is 5.91. The molecule has 1 amide bonds. The van der Waals surface area contributed by atoms with E-state index in [0.29, 0.717) is 0 Å². The van der Waals surface area contributed by atoms with Gasteiger partial charge in [-0.1, -0.05) is 41.5 Å². The van der Waals surface area contributed by atoms with Crippen LogP contribution < -0.4 is 5.73 Å². The molecule has 5 atom stereocenters. The minimum absolute atomic E-state index is 0.133. The number of ether oxygens (including phenoxy) is 1. The number of carbonyl (C=O) groups excluding carboxylic acids is 1. The number of aliphatic hydroxyl groups excluding tert-OH is 1. The molecule has 2 unspecified atom stereocenters. The van der Waals surface area contributed by atoms with Crippen molar-refractivity contribution in [2.24, 2.45) is 5.73 Å². The summed E-state index contributed by atoms with van der Waals surface area (Å²) in [6, 6.07) is 0. The van der Waals surface area contributed by atoms with Gasteiger partial charge >= 0.3 is 17.8 Å². The molecule has 2 saturated heterocycles. The van der Waals surface area contributed by atoms with Crippen molar-refractivity contribution in [1.82, 2.24) is 14.8 Å². The molecule has 3 heterocycles. The lowest BCUT2D eigenvalue weighted by Crippen LogP contribution is -2.58. The minimum Gasteiger partial charge on any atom is -0.416 e. The van der Waals surface area contributed by atoms with Gasteiger partial charge in [-0.15, -0.1) is 5.10 Å². The van der Waals surface area contributed by atoms with E-state index in [1.54, 1.807) is 0 Å². The zero-order valence-corrected chi connectivity index (χ0v) is 20.0. The maximum Gasteiger partial charge on any atom is 0.334 e. The number of hydrogen-bond acceptors (Lipinski definition) is 8. The van der Waals surface area contributed by atoms with Crippen LogP contribution in [-0.4, -0.2) is 68.5 Å². The van der Waals surface area contributed by atoms with E-state index >= 15 is 0 Å². The predicted octanol–water partition coefficient (Wildman–Crippen LogP) is 0.960. The molecule has 2 fully saturated rings. The fourth-order valence-corrected chi connectivity index (χ4v) is 12.5. The smallest absolute Gasteiger partial charge is 0.334 e. The van der Waals surface area contributed by atoms with Gasteiger partial charge in [-0.2, -0.15) is 0 Å². The van der Waals surface area contributed by atoms with Crippen LogP contribution in [-0.2, 0) is 17.7 Å². The first-order valence-corrected chi connectivity index (χ1v) is 13.7. The minimum atomic E-state index is -2.56. The summed E-state index contributed by atoms with van der Waals surface area (Å²) < 4.78 is 26.9. The summed E-state index contributed by atoms with van der Waals surface area (Å²) in [7, 11) is -4.74. The Balaban J connectivity index is 1.89. The first-order valence-electron chi connectivity index (χ1n) is 10.1. The normalized spacial score (nSPS) is 32.4. The van der Waals surface area contributed by atoms with Crippen LogP contribution >= 0.6 is 0 Å². The molecule has 0 aliphatic carbocycles. The van der Waals surface area contributed by atoms with Crippen LogP contribution in [0.25, 0.3) is 0 Å². The number of nitrogens with zero attached hydrogens (tertiary/aromatic N) is 3. The molecule has 29 heavy (non-hydrogen) atoms. The Morgan fingerprint density at radius 3 is 2.48 bits per heavy atom. The third-order valence-corrected chi connectivity index (χ3v) is 13.4. The van der Waals surface area contributed by atoms with Crippen molar-refractivity contribution in [1.29, 1.82) is 0 Å². The number of aromatic nitrogens is 3. The van der Waals surface area contributed by atoms with E-state index in [9.17, 15) is 9.90 Å². The monoisotopic (exact) mass is 444 g/mol. The average Bonchev–Trinajstić information content (AvgIpc) is 3.20. The van der Waals surface area contributed by atoms with Crippen molar-refractivity contribution in [3.63, 3.8) is 0 Å². The van der Waals surface area contributed by atoms with Gasteiger partial charge in [0, 0.05) is 0 Å². The highest BCUT2D eigenvalue weighted by Crippen LogP contribution is 2.41. The molecule has 164 valence electrons.